The Morgan fingerprint density at radius 3 is 2.46 bits per heavy atom. The van der Waals surface area contributed by atoms with Gasteiger partial charge in [-0.1, -0.05) is 26.0 Å². The van der Waals surface area contributed by atoms with Gasteiger partial charge in [0, 0.05) is 13.0 Å². The Morgan fingerprint density at radius 2 is 1.83 bits per heavy atom. The van der Waals surface area contributed by atoms with E-state index in [0.29, 0.717) is 18.9 Å². The number of amides is 3. The van der Waals surface area contributed by atoms with Gasteiger partial charge in [-0.15, -0.1) is 0 Å². The summed E-state index contributed by atoms with van der Waals surface area (Å²) in [5, 5.41) is 4.62. The predicted octanol–water partition coefficient (Wildman–Crippen LogP) is 2.17. The second-order valence-corrected chi connectivity index (χ2v) is 5.77. The number of aryl methyl sites for hydroxylation is 1. The van der Waals surface area contributed by atoms with Gasteiger partial charge < -0.3 is 10.1 Å². The number of rotatable bonds is 8. The van der Waals surface area contributed by atoms with E-state index in [2.05, 4.69) is 10.6 Å². The third-order valence-electron chi connectivity index (χ3n) is 3.16. The maximum Gasteiger partial charge on any atom is 0.321 e. The molecular formula is C17H23FN2O4. The van der Waals surface area contributed by atoms with Crippen LogP contribution in [0.1, 0.15) is 32.3 Å². The molecule has 0 bridgehead atoms. The number of halogens is 1. The monoisotopic (exact) mass is 338 g/mol. The number of carbonyl (C=O) groups is 3. The van der Waals surface area contributed by atoms with Gasteiger partial charge in [0.1, 0.15) is 5.82 Å². The van der Waals surface area contributed by atoms with E-state index in [4.69, 9.17) is 4.74 Å². The highest BCUT2D eigenvalue weighted by atomic mass is 19.1. The van der Waals surface area contributed by atoms with E-state index in [1.807, 2.05) is 13.8 Å². The Labute approximate surface area is 140 Å². The fourth-order valence-electron chi connectivity index (χ4n) is 1.80. The van der Waals surface area contributed by atoms with Crippen molar-refractivity contribution in [2.45, 2.75) is 33.1 Å². The lowest BCUT2D eigenvalue weighted by Gasteiger charge is -2.08. The van der Waals surface area contributed by atoms with Crippen LogP contribution >= 0.6 is 0 Å². The number of benzene rings is 1. The second kappa shape index (κ2) is 10.4. The number of carbonyl (C=O) groups excluding carboxylic acids is 3. The first-order valence-corrected chi connectivity index (χ1v) is 7.84. The number of hydrogen-bond acceptors (Lipinski definition) is 4. The molecule has 2 N–H and O–H groups in total. The van der Waals surface area contributed by atoms with Gasteiger partial charge in [0.05, 0.1) is 0 Å². The van der Waals surface area contributed by atoms with Crippen LogP contribution in [-0.2, 0) is 20.7 Å². The highest BCUT2D eigenvalue weighted by Gasteiger charge is 2.11. The predicted molar refractivity (Wildman–Crippen MR) is 86.7 cm³/mol. The molecule has 0 atom stereocenters. The molecule has 0 spiro atoms. The van der Waals surface area contributed by atoms with E-state index in [-0.39, 0.29) is 12.2 Å². The highest BCUT2D eigenvalue weighted by molar-refractivity contribution is 5.95. The lowest BCUT2D eigenvalue weighted by atomic mass is 10.1. The molecule has 3 amide bonds. The number of esters is 1. The van der Waals surface area contributed by atoms with Crippen molar-refractivity contribution in [2.24, 2.45) is 5.92 Å². The van der Waals surface area contributed by atoms with Crippen LogP contribution in [0.3, 0.4) is 0 Å². The zero-order valence-electron chi connectivity index (χ0n) is 13.9. The van der Waals surface area contributed by atoms with Crippen LogP contribution in [0.2, 0.25) is 0 Å². The van der Waals surface area contributed by atoms with E-state index in [9.17, 15) is 18.8 Å². The van der Waals surface area contributed by atoms with Crippen molar-refractivity contribution in [3.8, 4) is 0 Å². The number of hydrogen-bond donors (Lipinski definition) is 2. The van der Waals surface area contributed by atoms with Crippen LogP contribution in [0.5, 0.6) is 0 Å². The van der Waals surface area contributed by atoms with Crippen molar-refractivity contribution < 1.29 is 23.5 Å². The number of ether oxygens (including phenoxy) is 1. The zero-order chi connectivity index (χ0) is 17.9. The molecular weight excluding hydrogens is 315 g/mol. The summed E-state index contributed by atoms with van der Waals surface area (Å²) < 4.78 is 17.5. The summed E-state index contributed by atoms with van der Waals surface area (Å²) >= 11 is 0. The lowest BCUT2D eigenvalue weighted by molar-refractivity contribution is -0.148. The first-order chi connectivity index (χ1) is 11.4. The van der Waals surface area contributed by atoms with E-state index in [0.717, 1.165) is 12.0 Å². The van der Waals surface area contributed by atoms with Crippen molar-refractivity contribution in [1.29, 1.82) is 0 Å². The molecule has 1 rings (SSSR count). The normalized spacial score (nSPS) is 10.3. The molecule has 0 aliphatic heterocycles. The van der Waals surface area contributed by atoms with Gasteiger partial charge >= 0.3 is 12.0 Å². The fourth-order valence-corrected chi connectivity index (χ4v) is 1.80. The Kier molecular flexibility index (Phi) is 8.46. The molecule has 6 nitrogen and oxygen atoms in total. The molecule has 1 aromatic rings. The van der Waals surface area contributed by atoms with Gasteiger partial charge in [-0.05, 0) is 36.5 Å². The van der Waals surface area contributed by atoms with Gasteiger partial charge in [0.15, 0.2) is 6.61 Å². The summed E-state index contributed by atoms with van der Waals surface area (Å²) in [7, 11) is 0. The van der Waals surface area contributed by atoms with Crippen LogP contribution < -0.4 is 10.6 Å². The van der Waals surface area contributed by atoms with Gasteiger partial charge in [0.25, 0.3) is 5.91 Å². The molecule has 0 heterocycles. The van der Waals surface area contributed by atoms with Crippen molar-refractivity contribution in [1.82, 2.24) is 10.6 Å². The average Bonchev–Trinajstić information content (AvgIpc) is 2.52. The maximum absolute atomic E-state index is 12.7. The minimum absolute atomic E-state index is 0.0689. The topological polar surface area (TPSA) is 84.5 Å². The van der Waals surface area contributed by atoms with Crippen LogP contribution in [0.25, 0.3) is 0 Å². The summed E-state index contributed by atoms with van der Waals surface area (Å²) in [6, 6.07) is 5.18. The molecule has 0 saturated carbocycles. The average molecular weight is 338 g/mol. The number of imide groups is 1. The standard InChI is InChI=1S/C17H23FN2O4/c1-12(2)9-10-19-17(23)20-15(21)11-24-16(22)8-5-13-3-6-14(18)7-4-13/h3-4,6-7,12H,5,8-11H2,1-2H3,(H2,19,20,21,23). The van der Waals surface area contributed by atoms with Gasteiger partial charge in [-0.2, -0.15) is 0 Å². The summed E-state index contributed by atoms with van der Waals surface area (Å²) in [6.07, 6.45) is 1.26. The summed E-state index contributed by atoms with van der Waals surface area (Å²) in [4.78, 5) is 34.4. The van der Waals surface area contributed by atoms with E-state index < -0.39 is 24.5 Å². The molecule has 0 aliphatic rings. The first-order valence-electron chi connectivity index (χ1n) is 7.84. The summed E-state index contributed by atoms with van der Waals surface area (Å²) in [5.41, 5.74) is 0.794. The van der Waals surface area contributed by atoms with Crippen LogP contribution in [-0.4, -0.2) is 31.1 Å². The van der Waals surface area contributed by atoms with Crippen LogP contribution in [0.4, 0.5) is 9.18 Å². The largest absolute Gasteiger partial charge is 0.456 e. The van der Waals surface area contributed by atoms with Crippen molar-refractivity contribution in [3.63, 3.8) is 0 Å². The second-order valence-electron chi connectivity index (χ2n) is 5.77. The maximum atomic E-state index is 12.7. The van der Waals surface area contributed by atoms with Crippen molar-refractivity contribution in [3.05, 3.63) is 35.6 Å². The summed E-state index contributed by atoms with van der Waals surface area (Å²) in [5.74, 6) is -1.14. The zero-order valence-corrected chi connectivity index (χ0v) is 13.9. The van der Waals surface area contributed by atoms with Gasteiger partial charge in [-0.25, -0.2) is 9.18 Å². The van der Waals surface area contributed by atoms with E-state index >= 15 is 0 Å². The highest BCUT2D eigenvalue weighted by Crippen LogP contribution is 2.06. The molecule has 0 aliphatic carbocycles. The third kappa shape index (κ3) is 8.87. The molecule has 7 heteroatoms. The lowest BCUT2D eigenvalue weighted by Crippen LogP contribution is -2.42. The molecule has 0 saturated heterocycles. The molecule has 0 unspecified atom stereocenters. The quantitative estimate of drug-likeness (QED) is 0.712. The Hall–Kier alpha value is -2.44. The van der Waals surface area contributed by atoms with Crippen molar-refractivity contribution in [2.75, 3.05) is 13.2 Å². The first kappa shape index (κ1) is 19.6. The minimum Gasteiger partial charge on any atom is -0.456 e. The Balaban J connectivity index is 2.17. The van der Waals surface area contributed by atoms with Crippen LogP contribution in [0.15, 0.2) is 24.3 Å². The van der Waals surface area contributed by atoms with Gasteiger partial charge in [-0.3, -0.25) is 14.9 Å². The molecule has 0 radical (unpaired) electrons. The smallest absolute Gasteiger partial charge is 0.321 e. The summed E-state index contributed by atoms with van der Waals surface area (Å²) in [6.45, 7) is 4.00. The fraction of sp³-hybridized carbons (Fsp3) is 0.471. The molecule has 1 aromatic carbocycles. The van der Waals surface area contributed by atoms with E-state index in [1.165, 1.54) is 12.1 Å². The molecule has 24 heavy (non-hydrogen) atoms. The SMILES string of the molecule is CC(C)CCNC(=O)NC(=O)COC(=O)CCc1ccc(F)cc1. The van der Waals surface area contributed by atoms with Crippen molar-refractivity contribution >= 4 is 17.9 Å². The Morgan fingerprint density at radius 1 is 1.17 bits per heavy atom. The van der Waals surface area contributed by atoms with Gasteiger partial charge in [0.2, 0.25) is 0 Å². The minimum atomic E-state index is -0.688. The molecule has 132 valence electrons. The molecule has 0 fully saturated rings. The van der Waals surface area contributed by atoms with E-state index in [1.54, 1.807) is 12.1 Å². The third-order valence-corrected chi connectivity index (χ3v) is 3.16. The number of urea groups is 1. The van der Waals surface area contributed by atoms with Crippen LogP contribution in [0, 0.1) is 11.7 Å². The molecule has 0 aromatic heterocycles. The number of nitrogens with one attached hydrogen (secondary N) is 2. The Bertz CT molecular complexity index is 558.